The van der Waals surface area contributed by atoms with Crippen molar-refractivity contribution in [2.24, 2.45) is 11.8 Å². The molecule has 2 saturated heterocycles. The van der Waals surface area contributed by atoms with Gasteiger partial charge in [0.15, 0.2) is 0 Å². The predicted molar refractivity (Wildman–Crippen MR) is 97.8 cm³/mol. The summed E-state index contributed by atoms with van der Waals surface area (Å²) >= 11 is 0. The third kappa shape index (κ3) is 3.84. The van der Waals surface area contributed by atoms with E-state index in [1.54, 1.807) is 6.07 Å². The molecule has 0 bridgehead atoms. The highest BCUT2D eigenvalue weighted by atomic mass is 32.2. The molecule has 2 heterocycles. The van der Waals surface area contributed by atoms with Gasteiger partial charge in [-0.3, -0.25) is 10.1 Å². The van der Waals surface area contributed by atoms with Gasteiger partial charge in [-0.2, -0.15) is 4.31 Å². The summed E-state index contributed by atoms with van der Waals surface area (Å²) in [5, 5.41) is 11.6. The Morgan fingerprint density at radius 3 is 2.35 bits per heavy atom. The molecule has 8 nitrogen and oxygen atoms in total. The van der Waals surface area contributed by atoms with E-state index in [0.717, 1.165) is 6.42 Å². The zero-order valence-electron chi connectivity index (χ0n) is 15.1. The molecule has 144 valence electrons. The Kier molecular flexibility index (Phi) is 5.50. The quantitative estimate of drug-likeness (QED) is 0.584. The lowest BCUT2D eigenvalue weighted by atomic mass is 9.94. The summed E-state index contributed by atoms with van der Waals surface area (Å²) in [6.07, 6.45) is 0.988. The Morgan fingerprint density at radius 1 is 1.15 bits per heavy atom. The zero-order chi connectivity index (χ0) is 18.9. The van der Waals surface area contributed by atoms with Crippen LogP contribution in [0.3, 0.4) is 0 Å². The molecule has 0 N–H and O–H groups in total. The van der Waals surface area contributed by atoms with Crippen LogP contribution >= 0.6 is 0 Å². The SMILES string of the molecule is C[C@H]1C[C@H](C)CN(S(=O)(=O)c2ccc(N3CCOCC3)c([N+](=O)[O-])c2)C1. The van der Waals surface area contributed by atoms with Crippen molar-refractivity contribution in [1.82, 2.24) is 4.31 Å². The fourth-order valence-electron chi connectivity index (χ4n) is 3.83. The van der Waals surface area contributed by atoms with Gasteiger partial charge in [-0.05, 0) is 30.4 Å². The molecular formula is C17H25N3O5S. The highest BCUT2D eigenvalue weighted by Crippen LogP contribution is 2.33. The minimum atomic E-state index is -3.75. The van der Waals surface area contributed by atoms with Gasteiger partial charge < -0.3 is 9.64 Å². The zero-order valence-corrected chi connectivity index (χ0v) is 15.9. The van der Waals surface area contributed by atoms with Gasteiger partial charge in [0.1, 0.15) is 5.69 Å². The summed E-state index contributed by atoms with van der Waals surface area (Å²) in [6, 6.07) is 4.23. The number of piperidine rings is 1. The van der Waals surface area contributed by atoms with E-state index in [1.165, 1.54) is 16.4 Å². The summed E-state index contributed by atoms with van der Waals surface area (Å²) in [5.41, 5.74) is 0.267. The molecular weight excluding hydrogens is 358 g/mol. The van der Waals surface area contributed by atoms with Crippen molar-refractivity contribution >= 4 is 21.4 Å². The summed E-state index contributed by atoms with van der Waals surface area (Å²) in [6.45, 7) is 7.06. The van der Waals surface area contributed by atoms with Crippen molar-refractivity contribution in [3.63, 3.8) is 0 Å². The van der Waals surface area contributed by atoms with E-state index in [4.69, 9.17) is 4.74 Å². The van der Waals surface area contributed by atoms with Crippen LogP contribution in [0, 0.1) is 22.0 Å². The molecule has 26 heavy (non-hydrogen) atoms. The van der Waals surface area contributed by atoms with Crippen LogP contribution in [0.1, 0.15) is 20.3 Å². The van der Waals surface area contributed by atoms with Gasteiger partial charge in [-0.15, -0.1) is 0 Å². The lowest BCUT2D eigenvalue weighted by Gasteiger charge is -2.34. The molecule has 3 rings (SSSR count). The third-order valence-electron chi connectivity index (χ3n) is 4.97. The molecule has 0 unspecified atom stereocenters. The Labute approximate surface area is 153 Å². The number of rotatable bonds is 4. The second kappa shape index (κ2) is 7.50. The lowest BCUT2D eigenvalue weighted by molar-refractivity contribution is -0.384. The molecule has 0 spiro atoms. The maximum atomic E-state index is 13.0. The highest BCUT2D eigenvalue weighted by molar-refractivity contribution is 7.89. The lowest BCUT2D eigenvalue weighted by Crippen LogP contribution is -2.42. The van der Waals surface area contributed by atoms with Crippen LogP contribution in [-0.2, 0) is 14.8 Å². The monoisotopic (exact) mass is 383 g/mol. The van der Waals surface area contributed by atoms with Gasteiger partial charge >= 0.3 is 0 Å². The number of hydrogen-bond acceptors (Lipinski definition) is 6. The molecule has 0 radical (unpaired) electrons. The van der Waals surface area contributed by atoms with E-state index < -0.39 is 14.9 Å². The van der Waals surface area contributed by atoms with Crippen LogP contribution in [0.2, 0.25) is 0 Å². The molecule has 1 aromatic rings. The molecule has 1 aromatic carbocycles. The topological polar surface area (TPSA) is 93.0 Å². The molecule has 2 atom stereocenters. The van der Waals surface area contributed by atoms with Crippen molar-refractivity contribution in [3.8, 4) is 0 Å². The van der Waals surface area contributed by atoms with Crippen LogP contribution in [0.4, 0.5) is 11.4 Å². The summed E-state index contributed by atoms with van der Waals surface area (Å²) in [7, 11) is -3.75. The van der Waals surface area contributed by atoms with Crippen LogP contribution < -0.4 is 4.90 Å². The minimum absolute atomic E-state index is 0.0116. The van der Waals surface area contributed by atoms with E-state index in [9.17, 15) is 18.5 Å². The fourth-order valence-corrected chi connectivity index (χ4v) is 5.53. The number of nitrogens with zero attached hydrogens (tertiary/aromatic N) is 3. The highest BCUT2D eigenvalue weighted by Gasteiger charge is 2.33. The average molecular weight is 383 g/mol. The van der Waals surface area contributed by atoms with E-state index >= 15 is 0 Å². The summed E-state index contributed by atoms with van der Waals surface area (Å²) in [4.78, 5) is 12.9. The number of ether oxygens (including phenoxy) is 1. The van der Waals surface area contributed by atoms with Gasteiger partial charge in [0.2, 0.25) is 10.0 Å². The second-order valence-corrected chi connectivity index (χ2v) is 9.21. The molecule has 2 aliphatic heterocycles. The second-order valence-electron chi connectivity index (χ2n) is 7.28. The predicted octanol–water partition coefficient (Wildman–Crippen LogP) is 2.10. The molecule has 2 fully saturated rings. The van der Waals surface area contributed by atoms with Crippen LogP contribution in [0.15, 0.2) is 23.1 Å². The molecule has 0 amide bonds. The number of sulfonamides is 1. The minimum Gasteiger partial charge on any atom is -0.378 e. The first-order valence-corrected chi connectivity index (χ1v) is 10.3. The van der Waals surface area contributed by atoms with Gasteiger partial charge in [0.25, 0.3) is 5.69 Å². The number of nitro groups is 1. The van der Waals surface area contributed by atoms with Crippen molar-refractivity contribution in [2.75, 3.05) is 44.3 Å². The third-order valence-corrected chi connectivity index (χ3v) is 6.80. The molecule has 9 heteroatoms. The first-order chi connectivity index (χ1) is 12.3. The van der Waals surface area contributed by atoms with Crippen molar-refractivity contribution in [1.29, 1.82) is 0 Å². The molecule has 2 aliphatic rings. The molecule has 0 aromatic heterocycles. The fraction of sp³-hybridized carbons (Fsp3) is 0.647. The maximum absolute atomic E-state index is 13.0. The van der Waals surface area contributed by atoms with Gasteiger partial charge in [-0.1, -0.05) is 13.8 Å². The van der Waals surface area contributed by atoms with Crippen molar-refractivity contribution in [3.05, 3.63) is 28.3 Å². The maximum Gasteiger partial charge on any atom is 0.293 e. The number of benzene rings is 1. The number of hydrogen-bond donors (Lipinski definition) is 0. The van der Waals surface area contributed by atoms with Crippen LogP contribution in [0.5, 0.6) is 0 Å². The Bertz CT molecular complexity index is 767. The standard InChI is InChI=1S/C17H25N3O5S/c1-13-9-14(2)12-19(11-13)26(23,24)15-3-4-16(17(10-15)20(21)22)18-5-7-25-8-6-18/h3-4,10,13-14H,5-9,11-12H2,1-2H3/t13-,14-/m0/s1. The van der Waals surface area contributed by atoms with Crippen LogP contribution in [-0.4, -0.2) is 57.0 Å². The Hall–Kier alpha value is -1.71. The van der Waals surface area contributed by atoms with Crippen LogP contribution in [0.25, 0.3) is 0 Å². The summed E-state index contributed by atoms with van der Waals surface area (Å²) < 4.78 is 32.8. The van der Waals surface area contributed by atoms with E-state index in [-0.39, 0.29) is 22.4 Å². The number of anilines is 1. The average Bonchev–Trinajstić information content (AvgIpc) is 2.61. The number of morpholine rings is 1. The summed E-state index contributed by atoms with van der Waals surface area (Å²) in [5.74, 6) is 0.548. The van der Waals surface area contributed by atoms with E-state index in [1.807, 2.05) is 18.7 Å². The first kappa shape index (κ1) is 19.1. The number of nitro benzene ring substituents is 1. The van der Waals surface area contributed by atoms with Gasteiger partial charge in [0.05, 0.1) is 23.0 Å². The van der Waals surface area contributed by atoms with Gasteiger partial charge in [-0.25, -0.2) is 8.42 Å². The van der Waals surface area contributed by atoms with E-state index in [0.29, 0.717) is 45.1 Å². The molecule has 0 aliphatic carbocycles. The Balaban J connectivity index is 1.94. The van der Waals surface area contributed by atoms with Gasteiger partial charge in [0, 0.05) is 32.2 Å². The Morgan fingerprint density at radius 2 is 1.77 bits per heavy atom. The van der Waals surface area contributed by atoms with Crippen molar-refractivity contribution in [2.45, 2.75) is 25.2 Å². The normalized spacial score (nSPS) is 25.2. The first-order valence-electron chi connectivity index (χ1n) is 8.90. The molecule has 0 saturated carbocycles. The largest absolute Gasteiger partial charge is 0.378 e. The van der Waals surface area contributed by atoms with Crippen molar-refractivity contribution < 1.29 is 18.1 Å². The van der Waals surface area contributed by atoms with E-state index in [2.05, 4.69) is 0 Å². The smallest absolute Gasteiger partial charge is 0.293 e.